The van der Waals surface area contributed by atoms with Gasteiger partial charge in [-0.3, -0.25) is 14.9 Å². The van der Waals surface area contributed by atoms with E-state index in [2.05, 4.69) is 5.32 Å². The molecule has 0 aliphatic rings. The van der Waals surface area contributed by atoms with Crippen LogP contribution in [0.4, 0.5) is 5.88 Å². The lowest BCUT2D eigenvalue weighted by Gasteiger charge is -2.06. The number of halogens is 1. The van der Waals surface area contributed by atoms with Crippen LogP contribution in [-0.4, -0.2) is 22.8 Å². The molecule has 1 aromatic rings. The van der Waals surface area contributed by atoms with Crippen molar-refractivity contribution in [2.24, 2.45) is 0 Å². The molecule has 0 radical (unpaired) electrons. The van der Waals surface area contributed by atoms with Gasteiger partial charge >= 0.3 is 5.88 Å². The van der Waals surface area contributed by atoms with Gasteiger partial charge < -0.3 is 9.73 Å². The summed E-state index contributed by atoms with van der Waals surface area (Å²) in [5.41, 5.74) is 0. The van der Waals surface area contributed by atoms with Crippen molar-refractivity contribution in [3.8, 4) is 0 Å². The number of amides is 1. The maximum Gasteiger partial charge on any atom is 0.433 e. The number of furan rings is 1. The first-order chi connectivity index (χ1) is 7.54. The average molecular weight is 247 g/mol. The Balaban J connectivity index is 2.56. The molecule has 6 nitrogen and oxygen atoms in total. The number of hydrogen-bond acceptors (Lipinski definition) is 4. The van der Waals surface area contributed by atoms with E-state index in [0.717, 1.165) is 12.5 Å². The summed E-state index contributed by atoms with van der Waals surface area (Å²) in [5, 5.41) is 12.7. The Hall–Kier alpha value is -1.56. The van der Waals surface area contributed by atoms with Gasteiger partial charge in [0.25, 0.3) is 5.91 Å². The Labute approximate surface area is 96.7 Å². The number of nitrogens with zero attached hydrogens (tertiary/aromatic N) is 1. The summed E-state index contributed by atoms with van der Waals surface area (Å²) in [5.74, 6) is -1.05. The fraction of sp³-hybridized carbons (Fsp3) is 0.444. The van der Waals surface area contributed by atoms with E-state index in [0.29, 0.717) is 6.54 Å². The number of carbonyl (C=O) groups is 1. The molecule has 1 aromatic heterocycles. The second-order valence-electron chi connectivity index (χ2n) is 3.11. The number of carbonyl (C=O) groups excluding carboxylic acids is 1. The predicted molar refractivity (Wildman–Crippen MR) is 57.6 cm³/mol. The van der Waals surface area contributed by atoms with Crippen molar-refractivity contribution < 1.29 is 14.1 Å². The Bertz CT molecular complexity index is 391. The summed E-state index contributed by atoms with van der Waals surface area (Å²) >= 11 is 5.80. The van der Waals surface area contributed by atoms with Crippen molar-refractivity contribution in [3.63, 3.8) is 0 Å². The van der Waals surface area contributed by atoms with Gasteiger partial charge in [0.2, 0.25) is 0 Å². The zero-order valence-corrected chi connectivity index (χ0v) is 9.36. The first kappa shape index (κ1) is 12.5. The SMILES string of the molecule is CCC(Cl)CNC(=O)c1ccc([N+](=O)[O-])o1. The van der Waals surface area contributed by atoms with Gasteiger partial charge in [0.05, 0.1) is 11.4 Å². The smallest absolute Gasteiger partial charge is 0.395 e. The molecule has 1 amide bonds. The second-order valence-corrected chi connectivity index (χ2v) is 3.73. The molecule has 0 saturated heterocycles. The van der Waals surface area contributed by atoms with Crippen LogP contribution >= 0.6 is 11.6 Å². The van der Waals surface area contributed by atoms with Crippen molar-refractivity contribution in [3.05, 3.63) is 28.0 Å². The topological polar surface area (TPSA) is 85.4 Å². The molecule has 0 aliphatic carbocycles. The molecule has 1 rings (SSSR count). The van der Waals surface area contributed by atoms with Gasteiger partial charge in [0.1, 0.15) is 4.92 Å². The van der Waals surface area contributed by atoms with Gasteiger partial charge in [-0.15, -0.1) is 11.6 Å². The first-order valence-corrected chi connectivity index (χ1v) is 5.14. The lowest BCUT2D eigenvalue weighted by Crippen LogP contribution is -2.29. The standard InChI is InChI=1S/C9H11ClN2O4/c1-2-6(10)5-11-9(13)7-3-4-8(16-7)12(14)15/h3-4,6H,2,5H2,1H3,(H,11,13). The van der Waals surface area contributed by atoms with Crippen LogP contribution in [0.25, 0.3) is 0 Å². The highest BCUT2D eigenvalue weighted by molar-refractivity contribution is 6.20. The minimum Gasteiger partial charge on any atom is -0.395 e. The molecule has 0 spiro atoms. The summed E-state index contributed by atoms with van der Waals surface area (Å²) in [6.07, 6.45) is 0.722. The van der Waals surface area contributed by atoms with Crippen molar-refractivity contribution in [1.82, 2.24) is 5.32 Å². The van der Waals surface area contributed by atoms with E-state index in [1.54, 1.807) is 0 Å². The lowest BCUT2D eigenvalue weighted by molar-refractivity contribution is -0.402. The average Bonchev–Trinajstić information content (AvgIpc) is 2.74. The summed E-state index contributed by atoms with van der Waals surface area (Å²) in [4.78, 5) is 21.0. The molecule has 1 unspecified atom stereocenters. The van der Waals surface area contributed by atoms with E-state index in [9.17, 15) is 14.9 Å². The highest BCUT2D eigenvalue weighted by Crippen LogP contribution is 2.15. The van der Waals surface area contributed by atoms with Crippen LogP contribution in [0, 0.1) is 10.1 Å². The van der Waals surface area contributed by atoms with Gasteiger partial charge in [-0.25, -0.2) is 0 Å². The summed E-state index contributed by atoms with van der Waals surface area (Å²) in [6, 6.07) is 2.38. The third kappa shape index (κ3) is 3.23. The number of rotatable bonds is 5. The molecule has 0 aromatic carbocycles. The van der Waals surface area contributed by atoms with Crippen LogP contribution < -0.4 is 5.32 Å². The van der Waals surface area contributed by atoms with Crippen LogP contribution in [0.1, 0.15) is 23.9 Å². The molecule has 0 aliphatic heterocycles. The van der Waals surface area contributed by atoms with Crippen molar-refractivity contribution in [2.75, 3.05) is 6.54 Å². The molecule has 0 bridgehead atoms. The molecule has 7 heteroatoms. The number of hydrogen-bond donors (Lipinski definition) is 1. The normalized spacial score (nSPS) is 12.1. The van der Waals surface area contributed by atoms with Crippen LogP contribution in [0.3, 0.4) is 0 Å². The minimum atomic E-state index is -0.701. The second kappa shape index (κ2) is 5.50. The molecular weight excluding hydrogens is 236 g/mol. The summed E-state index contributed by atoms with van der Waals surface area (Å²) in [7, 11) is 0. The Morgan fingerprint density at radius 3 is 2.88 bits per heavy atom. The van der Waals surface area contributed by atoms with Gasteiger partial charge in [-0.2, -0.15) is 0 Å². The third-order valence-electron chi connectivity index (χ3n) is 1.92. The summed E-state index contributed by atoms with van der Waals surface area (Å²) < 4.78 is 4.72. The van der Waals surface area contributed by atoms with Crippen molar-refractivity contribution in [2.45, 2.75) is 18.7 Å². The largest absolute Gasteiger partial charge is 0.433 e. The Morgan fingerprint density at radius 2 is 2.38 bits per heavy atom. The van der Waals surface area contributed by atoms with Gasteiger partial charge in [-0.05, 0) is 12.5 Å². The van der Waals surface area contributed by atoms with Crippen LogP contribution in [0.15, 0.2) is 16.5 Å². The fourth-order valence-electron chi connectivity index (χ4n) is 0.983. The highest BCUT2D eigenvalue weighted by Gasteiger charge is 2.17. The maximum absolute atomic E-state index is 11.4. The summed E-state index contributed by atoms with van der Waals surface area (Å²) in [6.45, 7) is 2.19. The molecule has 88 valence electrons. The number of alkyl halides is 1. The van der Waals surface area contributed by atoms with E-state index in [1.165, 1.54) is 6.07 Å². The zero-order chi connectivity index (χ0) is 12.1. The number of nitro groups is 1. The van der Waals surface area contributed by atoms with Crippen LogP contribution in [0.5, 0.6) is 0 Å². The van der Waals surface area contributed by atoms with E-state index in [4.69, 9.17) is 16.0 Å². The number of nitrogens with one attached hydrogen (secondary N) is 1. The first-order valence-electron chi connectivity index (χ1n) is 4.71. The third-order valence-corrected chi connectivity index (χ3v) is 2.39. The molecule has 0 fully saturated rings. The molecule has 16 heavy (non-hydrogen) atoms. The fourth-order valence-corrected chi connectivity index (χ4v) is 1.06. The predicted octanol–water partition coefficient (Wildman–Crippen LogP) is 1.93. The minimum absolute atomic E-state index is 0.0910. The monoisotopic (exact) mass is 246 g/mol. The Morgan fingerprint density at radius 1 is 1.69 bits per heavy atom. The van der Waals surface area contributed by atoms with Crippen molar-refractivity contribution in [1.29, 1.82) is 0 Å². The lowest BCUT2D eigenvalue weighted by atomic mass is 10.3. The van der Waals surface area contributed by atoms with Gasteiger partial charge in [0, 0.05) is 6.54 Å². The molecule has 1 atom stereocenters. The van der Waals surface area contributed by atoms with E-state index < -0.39 is 16.7 Å². The van der Waals surface area contributed by atoms with Crippen molar-refractivity contribution >= 4 is 23.4 Å². The molecule has 1 N–H and O–H groups in total. The van der Waals surface area contributed by atoms with E-state index in [-0.39, 0.29) is 11.1 Å². The van der Waals surface area contributed by atoms with Gasteiger partial charge in [-0.1, -0.05) is 6.92 Å². The maximum atomic E-state index is 11.4. The Kier molecular flexibility index (Phi) is 4.30. The van der Waals surface area contributed by atoms with E-state index >= 15 is 0 Å². The zero-order valence-electron chi connectivity index (χ0n) is 8.60. The molecule has 1 heterocycles. The van der Waals surface area contributed by atoms with Crippen LogP contribution in [-0.2, 0) is 0 Å². The van der Waals surface area contributed by atoms with E-state index in [1.807, 2.05) is 6.92 Å². The highest BCUT2D eigenvalue weighted by atomic mass is 35.5. The molecule has 0 saturated carbocycles. The quantitative estimate of drug-likeness (QED) is 0.489. The van der Waals surface area contributed by atoms with Gasteiger partial charge in [0.15, 0.2) is 5.76 Å². The van der Waals surface area contributed by atoms with Crippen LogP contribution in [0.2, 0.25) is 0 Å². The molecular formula is C9H11ClN2O4.